The molecule has 1 heterocycles. The Hall–Kier alpha value is -0.900. The van der Waals surface area contributed by atoms with Gasteiger partial charge in [-0.1, -0.05) is 28.1 Å². The summed E-state index contributed by atoms with van der Waals surface area (Å²) in [6, 6.07) is 12.4. The topological polar surface area (TPSA) is 24.9 Å². The zero-order chi connectivity index (χ0) is 11.2. The molecular weight excluding hydrogens is 300 g/mol. The molecule has 0 amide bonds. The van der Waals surface area contributed by atoms with Crippen molar-refractivity contribution < 1.29 is 0 Å². The highest BCUT2D eigenvalue weighted by molar-refractivity contribution is 9.10. The van der Waals surface area contributed by atoms with Gasteiger partial charge in [-0.3, -0.25) is 4.98 Å². The van der Waals surface area contributed by atoms with Crippen molar-refractivity contribution in [3.05, 3.63) is 64.4 Å². The lowest BCUT2D eigenvalue weighted by Gasteiger charge is -2.05. The first-order valence-corrected chi connectivity index (χ1v) is 5.98. The number of nitrogens with zero attached hydrogens (tertiary/aromatic N) is 1. The van der Waals surface area contributed by atoms with Gasteiger partial charge in [0.05, 0.1) is 0 Å². The maximum atomic E-state index is 3.99. The number of halogens is 2. The van der Waals surface area contributed by atoms with Crippen molar-refractivity contribution in [1.82, 2.24) is 10.3 Å². The molecule has 0 aliphatic heterocycles. The van der Waals surface area contributed by atoms with Gasteiger partial charge in [0.2, 0.25) is 0 Å². The van der Waals surface area contributed by atoms with Crippen LogP contribution in [0.15, 0.2) is 53.3 Å². The minimum Gasteiger partial charge on any atom is -0.309 e. The first kappa shape index (κ1) is 14.2. The van der Waals surface area contributed by atoms with Crippen LogP contribution in [0.25, 0.3) is 0 Å². The molecule has 0 radical (unpaired) electrons. The first-order chi connectivity index (χ1) is 7.84. The molecule has 1 aromatic heterocycles. The van der Waals surface area contributed by atoms with E-state index < -0.39 is 0 Å². The van der Waals surface area contributed by atoms with Crippen molar-refractivity contribution in [3.8, 4) is 0 Å². The van der Waals surface area contributed by atoms with Gasteiger partial charge in [-0.25, -0.2) is 0 Å². The average molecular weight is 314 g/mol. The highest BCUT2D eigenvalue weighted by Crippen LogP contribution is 2.11. The van der Waals surface area contributed by atoms with Crippen LogP contribution in [0.1, 0.15) is 11.1 Å². The van der Waals surface area contributed by atoms with Crippen LogP contribution in [0.2, 0.25) is 0 Å². The predicted molar refractivity (Wildman–Crippen MR) is 76.2 cm³/mol. The smallest absolute Gasteiger partial charge is 0.0271 e. The molecule has 4 heteroatoms. The van der Waals surface area contributed by atoms with E-state index in [1.807, 2.05) is 36.7 Å². The molecule has 17 heavy (non-hydrogen) atoms. The van der Waals surface area contributed by atoms with E-state index in [-0.39, 0.29) is 12.4 Å². The third kappa shape index (κ3) is 4.86. The largest absolute Gasteiger partial charge is 0.309 e. The van der Waals surface area contributed by atoms with E-state index >= 15 is 0 Å². The zero-order valence-electron chi connectivity index (χ0n) is 9.27. The lowest BCUT2D eigenvalue weighted by molar-refractivity contribution is 0.692. The fraction of sp³-hybridized carbons (Fsp3) is 0.154. The van der Waals surface area contributed by atoms with E-state index in [1.54, 1.807) is 0 Å². The van der Waals surface area contributed by atoms with E-state index in [0.717, 1.165) is 17.6 Å². The Bertz CT molecular complexity index is 448. The first-order valence-electron chi connectivity index (χ1n) is 5.18. The van der Waals surface area contributed by atoms with Crippen LogP contribution in [0.4, 0.5) is 0 Å². The summed E-state index contributed by atoms with van der Waals surface area (Å²) >= 11 is 3.46. The molecule has 0 spiro atoms. The van der Waals surface area contributed by atoms with Crippen molar-refractivity contribution in [1.29, 1.82) is 0 Å². The summed E-state index contributed by atoms with van der Waals surface area (Å²) in [5, 5.41) is 3.40. The molecule has 0 aliphatic rings. The van der Waals surface area contributed by atoms with Gasteiger partial charge in [0.1, 0.15) is 0 Å². The molecular formula is C13H14BrClN2. The minimum atomic E-state index is 0. The number of rotatable bonds is 4. The van der Waals surface area contributed by atoms with Crippen LogP contribution < -0.4 is 5.32 Å². The quantitative estimate of drug-likeness (QED) is 0.933. The zero-order valence-corrected chi connectivity index (χ0v) is 11.7. The second-order valence-electron chi connectivity index (χ2n) is 3.59. The number of pyridine rings is 1. The van der Waals surface area contributed by atoms with Gasteiger partial charge >= 0.3 is 0 Å². The molecule has 2 aromatic rings. The predicted octanol–water partition coefficient (Wildman–Crippen LogP) is 3.56. The Morgan fingerprint density at radius 1 is 1.00 bits per heavy atom. The molecule has 0 aliphatic carbocycles. The minimum absolute atomic E-state index is 0. The fourth-order valence-corrected chi connectivity index (χ4v) is 1.95. The molecule has 0 atom stereocenters. The molecule has 0 saturated carbocycles. The van der Waals surface area contributed by atoms with E-state index in [9.17, 15) is 0 Å². The van der Waals surface area contributed by atoms with Gasteiger partial charge in [-0.05, 0) is 35.4 Å². The van der Waals surface area contributed by atoms with Gasteiger partial charge in [0, 0.05) is 30.0 Å². The summed E-state index contributed by atoms with van der Waals surface area (Å²) in [6.45, 7) is 1.75. The molecule has 1 aromatic carbocycles. The third-order valence-corrected chi connectivity index (χ3v) is 2.79. The molecule has 0 fully saturated rings. The summed E-state index contributed by atoms with van der Waals surface area (Å²) < 4.78 is 1.12. The van der Waals surface area contributed by atoms with Crippen molar-refractivity contribution in [2.24, 2.45) is 0 Å². The highest BCUT2D eigenvalue weighted by atomic mass is 79.9. The Labute approximate surface area is 116 Å². The van der Waals surface area contributed by atoms with Crippen LogP contribution in [-0.4, -0.2) is 4.98 Å². The molecule has 1 N–H and O–H groups in total. The normalized spacial score (nSPS) is 9.71. The van der Waals surface area contributed by atoms with Crippen LogP contribution in [-0.2, 0) is 13.1 Å². The fourth-order valence-electron chi connectivity index (χ4n) is 1.50. The maximum Gasteiger partial charge on any atom is 0.0271 e. The van der Waals surface area contributed by atoms with E-state index in [4.69, 9.17) is 0 Å². The molecule has 0 saturated heterocycles. The number of hydrogen-bond donors (Lipinski definition) is 1. The average Bonchev–Trinajstić information content (AvgIpc) is 2.30. The molecule has 0 bridgehead atoms. The molecule has 90 valence electrons. The van der Waals surface area contributed by atoms with E-state index in [0.29, 0.717) is 0 Å². The molecule has 0 unspecified atom stereocenters. The van der Waals surface area contributed by atoms with Crippen molar-refractivity contribution >= 4 is 28.3 Å². The van der Waals surface area contributed by atoms with Gasteiger partial charge in [-0.2, -0.15) is 0 Å². The second-order valence-corrected chi connectivity index (χ2v) is 4.50. The van der Waals surface area contributed by atoms with Gasteiger partial charge in [0.25, 0.3) is 0 Å². The van der Waals surface area contributed by atoms with Crippen molar-refractivity contribution in [2.75, 3.05) is 0 Å². The Morgan fingerprint density at radius 2 is 1.71 bits per heavy atom. The lowest BCUT2D eigenvalue weighted by Crippen LogP contribution is -2.12. The summed E-state index contributed by atoms with van der Waals surface area (Å²) in [6.07, 6.45) is 3.63. The number of nitrogens with one attached hydrogen (secondary N) is 1. The van der Waals surface area contributed by atoms with Crippen LogP contribution in [0.3, 0.4) is 0 Å². The van der Waals surface area contributed by atoms with E-state index in [1.165, 1.54) is 11.1 Å². The number of benzene rings is 1. The van der Waals surface area contributed by atoms with Crippen LogP contribution in [0, 0.1) is 0 Å². The Kier molecular flexibility index (Phi) is 6.19. The van der Waals surface area contributed by atoms with Gasteiger partial charge < -0.3 is 5.32 Å². The SMILES string of the molecule is Brc1cccc(CNCc2ccncc2)c1.Cl. The Morgan fingerprint density at radius 3 is 2.41 bits per heavy atom. The number of hydrogen-bond acceptors (Lipinski definition) is 2. The standard InChI is InChI=1S/C13H13BrN2.ClH/c14-13-3-1-2-12(8-13)10-16-9-11-4-6-15-7-5-11;/h1-8,16H,9-10H2;1H. The molecule has 2 rings (SSSR count). The molecule has 2 nitrogen and oxygen atoms in total. The van der Waals surface area contributed by atoms with Crippen LogP contribution in [0.5, 0.6) is 0 Å². The van der Waals surface area contributed by atoms with E-state index in [2.05, 4.69) is 38.4 Å². The Balaban J connectivity index is 0.00000144. The number of aromatic nitrogens is 1. The van der Waals surface area contributed by atoms with Crippen molar-refractivity contribution in [2.45, 2.75) is 13.1 Å². The van der Waals surface area contributed by atoms with Crippen LogP contribution >= 0.6 is 28.3 Å². The highest BCUT2D eigenvalue weighted by Gasteiger charge is 1.94. The lowest BCUT2D eigenvalue weighted by atomic mass is 10.2. The summed E-state index contributed by atoms with van der Waals surface area (Å²) in [4.78, 5) is 3.99. The second kappa shape index (κ2) is 7.43. The summed E-state index contributed by atoms with van der Waals surface area (Å²) in [7, 11) is 0. The third-order valence-electron chi connectivity index (χ3n) is 2.30. The maximum absolute atomic E-state index is 3.99. The monoisotopic (exact) mass is 312 g/mol. The summed E-state index contributed by atoms with van der Waals surface area (Å²) in [5.41, 5.74) is 2.54. The van der Waals surface area contributed by atoms with Crippen molar-refractivity contribution in [3.63, 3.8) is 0 Å². The van der Waals surface area contributed by atoms with Gasteiger partial charge in [-0.15, -0.1) is 12.4 Å². The van der Waals surface area contributed by atoms with Gasteiger partial charge in [0.15, 0.2) is 0 Å². The summed E-state index contributed by atoms with van der Waals surface area (Å²) in [5.74, 6) is 0.